The van der Waals surface area contributed by atoms with Gasteiger partial charge in [0.2, 0.25) is 0 Å². The molecule has 0 fully saturated rings. The lowest BCUT2D eigenvalue weighted by Crippen LogP contribution is -2.27. The number of nitrogens with one attached hydrogen (secondary N) is 1. The van der Waals surface area contributed by atoms with Crippen LogP contribution in [0.25, 0.3) is 10.6 Å². The Bertz CT molecular complexity index is 841. The predicted octanol–water partition coefficient (Wildman–Crippen LogP) is 4.82. The molecule has 25 heavy (non-hydrogen) atoms. The SMILES string of the molecule is CC(C)c1ccc(-c2nc(C(=O)N[C@H](C)c3ccccn3)cs2)cc1. The van der Waals surface area contributed by atoms with E-state index in [4.69, 9.17) is 0 Å². The molecule has 0 aliphatic heterocycles. The van der Waals surface area contributed by atoms with Crippen molar-refractivity contribution >= 4 is 17.2 Å². The largest absolute Gasteiger partial charge is 0.343 e. The molecule has 1 amide bonds. The van der Waals surface area contributed by atoms with Gasteiger partial charge in [0.15, 0.2) is 0 Å². The van der Waals surface area contributed by atoms with Gasteiger partial charge in [-0.2, -0.15) is 0 Å². The summed E-state index contributed by atoms with van der Waals surface area (Å²) in [5.41, 5.74) is 3.60. The third kappa shape index (κ3) is 4.12. The fourth-order valence-electron chi connectivity index (χ4n) is 2.50. The molecule has 0 spiro atoms. The standard InChI is InChI=1S/C20H21N3OS/c1-13(2)15-7-9-16(10-8-15)20-23-18(12-25-20)19(24)22-14(3)17-6-4-5-11-21-17/h4-14H,1-3H3,(H,22,24)/t14-/m1/s1. The van der Waals surface area contributed by atoms with Crippen LogP contribution < -0.4 is 5.32 Å². The summed E-state index contributed by atoms with van der Waals surface area (Å²) in [5.74, 6) is 0.319. The summed E-state index contributed by atoms with van der Waals surface area (Å²) in [4.78, 5) is 21.2. The summed E-state index contributed by atoms with van der Waals surface area (Å²) in [6.07, 6.45) is 1.72. The van der Waals surface area contributed by atoms with Crippen molar-refractivity contribution in [2.45, 2.75) is 32.7 Å². The highest BCUT2D eigenvalue weighted by Gasteiger charge is 2.15. The molecule has 2 aromatic heterocycles. The highest BCUT2D eigenvalue weighted by molar-refractivity contribution is 7.13. The van der Waals surface area contributed by atoms with Crippen LogP contribution in [-0.2, 0) is 0 Å². The van der Waals surface area contributed by atoms with Crippen molar-refractivity contribution in [3.05, 3.63) is 71.0 Å². The van der Waals surface area contributed by atoms with Crippen molar-refractivity contribution in [2.24, 2.45) is 0 Å². The van der Waals surface area contributed by atoms with E-state index in [1.54, 1.807) is 11.6 Å². The van der Waals surface area contributed by atoms with Crippen molar-refractivity contribution in [3.8, 4) is 10.6 Å². The Balaban J connectivity index is 1.71. The van der Waals surface area contributed by atoms with E-state index < -0.39 is 0 Å². The fourth-order valence-corrected chi connectivity index (χ4v) is 3.30. The smallest absolute Gasteiger partial charge is 0.271 e. The third-order valence-corrected chi connectivity index (χ3v) is 4.93. The van der Waals surface area contributed by atoms with E-state index in [-0.39, 0.29) is 11.9 Å². The zero-order valence-electron chi connectivity index (χ0n) is 14.6. The fraction of sp³-hybridized carbons (Fsp3) is 0.250. The van der Waals surface area contributed by atoms with Gasteiger partial charge in [0.05, 0.1) is 11.7 Å². The molecule has 3 aromatic rings. The van der Waals surface area contributed by atoms with Crippen LogP contribution in [0.1, 0.15) is 54.5 Å². The maximum Gasteiger partial charge on any atom is 0.271 e. The van der Waals surface area contributed by atoms with Gasteiger partial charge in [-0.1, -0.05) is 44.2 Å². The van der Waals surface area contributed by atoms with Crippen molar-refractivity contribution < 1.29 is 4.79 Å². The summed E-state index contributed by atoms with van der Waals surface area (Å²) in [6, 6.07) is 13.9. The van der Waals surface area contributed by atoms with Crippen molar-refractivity contribution in [1.29, 1.82) is 0 Å². The van der Waals surface area contributed by atoms with Crippen molar-refractivity contribution in [1.82, 2.24) is 15.3 Å². The van der Waals surface area contributed by atoms with Crippen LogP contribution in [0.3, 0.4) is 0 Å². The van der Waals surface area contributed by atoms with Gasteiger partial charge in [0, 0.05) is 17.1 Å². The first-order valence-electron chi connectivity index (χ1n) is 8.32. The van der Waals surface area contributed by atoms with E-state index in [1.807, 2.05) is 25.1 Å². The number of rotatable bonds is 5. The lowest BCUT2D eigenvalue weighted by atomic mass is 10.0. The highest BCUT2D eigenvalue weighted by Crippen LogP contribution is 2.26. The molecule has 1 atom stereocenters. The summed E-state index contributed by atoms with van der Waals surface area (Å²) >= 11 is 1.48. The molecular weight excluding hydrogens is 330 g/mol. The molecule has 0 aliphatic rings. The van der Waals surface area contributed by atoms with E-state index in [2.05, 4.69) is 53.4 Å². The average molecular weight is 351 g/mol. The second-order valence-electron chi connectivity index (χ2n) is 6.26. The molecule has 5 heteroatoms. The summed E-state index contributed by atoms with van der Waals surface area (Å²) < 4.78 is 0. The summed E-state index contributed by atoms with van der Waals surface area (Å²) in [5, 5.41) is 5.59. The molecule has 4 nitrogen and oxygen atoms in total. The Morgan fingerprint density at radius 3 is 2.48 bits per heavy atom. The maximum absolute atomic E-state index is 12.4. The van der Waals surface area contributed by atoms with E-state index in [0.29, 0.717) is 11.6 Å². The maximum atomic E-state index is 12.4. The third-order valence-electron chi connectivity index (χ3n) is 4.04. The number of carbonyl (C=O) groups excluding carboxylic acids is 1. The van der Waals surface area contributed by atoms with Gasteiger partial charge in [0.25, 0.3) is 5.91 Å². The van der Waals surface area contributed by atoms with Crippen molar-refractivity contribution in [3.63, 3.8) is 0 Å². The van der Waals surface area contributed by atoms with Gasteiger partial charge in [-0.3, -0.25) is 9.78 Å². The topological polar surface area (TPSA) is 54.9 Å². The van der Waals surface area contributed by atoms with E-state index >= 15 is 0 Å². The lowest BCUT2D eigenvalue weighted by Gasteiger charge is -2.11. The number of carbonyl (C=O) groups is 1. The first-order valence-corrected chi connectivity index (χ1v) is 9.20. The van der Waals surface area contributed by atoms with E-state index in [0.717, 1.165) is 16.3 Å². The Morgan fingerprint density at radius 2 is 1.84 bits per heavy atom. The van der Waals surface area contributed by atoms with Crippen LogP contribution in [0.4, 0.5) is 0 Å². The number of hydrogen-bond acceptors (Lipinski definition) is 4. The molecule has 0 unspecified atom stereocenters. The quantitative estimate of drug-likeness (QED) is 0.717. The van der Waals surface area contributed by atoms with E-state index in [1.165, 1.54) is 16.9 Å². The Kier molecular flexibility index (Phi) is 5.24. The second kappa shape index (κ2) is 7.57. The number of hydrogen-bond donors (Lipinski definition) is 1. The predicted molar refractivity (Wildman–Crippen MR) is 102 cm³/mol. The number of amides is 1. The Hall–Kier alpha value is -2.53. The number of aromatic nitrogens is 2. The molecule has 0 saturated heterocycles. The van der Waals surface area contributed by atoms with E-state index in [9.17, 15) is 4.79 Å². The van der Waals surface area contributed by atoms with Crippen LogP contribution >= 0.6 is 11.3 Å². The number of benzene rings is 1. The molecule has 2 heterocycles. The molecule has 0 aliphatic carbocycles. The minimum absolute atomic E-state index is 0.163. The normalized spacial score (nSPS) is 12.2. The molecule has 1 aromatic carbocycles. The van der Waals surface area contributed by atoms with Crippen LogP contribution in [-0.4, -0.2) is 15.9 Å². The monoisotopic (exact) mass is 351 g/mol. The minimum Gasteiger partial charge on any atom is -0.343 e. The Labute approximate surface area is 152 Å². The van der Waals surface area contributed by atoms with Gasteiger partial charge in [0.1, 0.15) is 10.7 Å². The molecule has 0 saturated carbocycles. The van der Waals surface area contributed by atoms with Crippen LogP contribution in [0.5, 0.6) is 0 Å². The molecule has 1 N–H and O–H groups in total. The molecule has 3 rings (SSSR count). The summed E-state index contributed by atoms with van der Waals surface area (Å²) in [6.45, 7) is 6.26. The average Bonchev–Trinajstić information content (AvgIpc) is 3.13. The van der Waals surface area contributed by atoms with Gasteiger partial charge >= 0.3 is 0 Å². The number of pyridine rings is 1. The number of nitrogens with zero attached hydrogens (tertiary/aromatic N) is 2. The zero-order chi connectivity index (χ0) is 17.8. The Morgan fingerprint density at radius 1 is 1.08 bits per heavy atom. The summed E-state index contributed by atoms with van der Waals surface area (Å²) in [7, 11) is 0. The first-order chi connectivity index (χ1) is 12.0. The lowest BCUT2D eigenvalue weighted by molar-refractivity contribution is 0.0935. The van der Waals surface area contributed by atoms with Crippen LogP contribution in [0.2, 0.25) is 0 Å². The highest BCUT2D eigenvalue weighted by atomic mass is 32.1. The van der Waals surface area contributed by atoms with Gasteiger partial charge in [-0.15, -0.1) is 11.3 Å². The molecular formula is C20H21N3OS. The zero-order valence-corrected chi connectivity index (χ0v) is 15.4. The van der Waals surface area contributed by atoms with Gasteiger partial charge in [-0.25, -0.2) is 4.98 Å². The molecule has 0 radical (unpaired) electrons. The van der Waals surface area contributed by atoms with Gasteiger partial charge < -0.3 is 5.32 Å². The van der Waals surface area contributed by atoms with Crippen LogP contribution in [0, 0.1) is 0 Å². The minimum atomic E-state index is -0.181. The molecule has 128 valence electrons. The van der Waals surface area contributed by atoms with Crippen molar-refractivity contribution in [2.75, 3.05) is 0 Å². The second-order valence-corrected chi connectivity index (χ2v) is 7.12. The first kappa shape index (κ1) is 17.3. The van der Waals surface area contributed by atoms with Crippen LogP contribution in [0.15, 0.2) is 54.0 Å². The molecule has 0 bridgehead atoms. The van der Waals surface area contributed by atoms with Gasteiger partial charge in [-0.05, 0) is 30.5 Å². The number of thiazole rings is 1.